The molecule has 0 saturated carbocycles. The highest BCUT2D eigenvalue weighted by atomic mass is 16.4. The van der Waals surface area contributed by atoms with E-state index >= 15 is 0 Å². The second kappa shape index (κ2) is 3.17. The van der Waals surface area contributed by atoms with Crippen molar-refractivity contribution >= 4 is 6.01 Å². The van der Waals surface area contributed by atoms with E-state index in [-0.39, 0.29) is 0 Å². The maximum Gasteiger partial charge on any atom is 0.315 e. The maximum atomic E-state index is 5.08. The first-order valence-corrected chi connectivity index (χ1v) is 3.01. The third-order valence-electron chi connectivity index (χ3n) is 1.01. The van der Waals surface area contributed by atoms with Gasteiger partial charge in [-0.3, -0.25) is 0 Å². The van der Waals surface area contributed by atoms with Gasteiger partial charge in [-0.1, -0.05) is 5.10 Å². The zero-order valence-corrected chi connectivity index (χ0v) is 6.01. The Morgan fingerprint density at radius 1 is 1.40 bits per heavy atom. The highest BCUT2D eigenvalue weighted by Gasteiger charge is 2.00. The molecule has 2 N–H and O–H groups in total. The summed E-state index contributed by atoms with van der Waals surface area (Å²) in [7, 11) is 3.56. The molecule has 0 aliphatic carbocycles. The maximum absolute atomic E-state index is 5.08. The van der Waals surface area contributed by atoms with Crippen LogP contribution in [0.2, 0.25) is 0 Å². The molecule has 1 heterocycles. The summed E-state index contributed by atoms with van der Waals surface area (Å²) in [5.41, 5.74) is 0. The van der Waals surface area contributed by atoms with Crippen LogP contribution in [0.4, 0.5) is 6.01 Å². The van der Waals surface area contributed by atoms with Crippen molar-refractivity contribution in [3.8, 4) is 0 Å². The van der Waals surface area contributed by atoms with Crippen LogP contribution in [0.3, 0.4) is 0 Å². The molecule has 0 bridgehead atoms. The third-order valence-corrected chi connectivity index (χ3v) is 1.01. The fourth-order valence-electron chi connectivity index (χ4n) is 0.577. The number of rotatable bonds is 3. The summed E-state index contributed by atoms with van der Waals surface area (Å²) in [5, 5.41) is 13.1. The van der Waals surface area contributed by atoms with Crippen molar-refractivity contribution in [1.29, 1.82) is 0 Å². The van der Waals surface area contributed by atoms with Crippen molar-refractivity contribution in [2.75, 3.05) is 19.4 Å². The molecule has 0 aromatic carbocycles. The van der Waals surface area contributed by atoms with Gasteiger partial charge in [-0.15, -0.1) is 5.10 Å². The molecule has 0 saturated heterocycles. The van der Waals surface area contributed by atoms with E-state index in [0.717, 1.165) is 0 Å². The highest BCUT2D eigenvalue weighted by Crippen LogP contribution is 2.02. The molecule has 10 heavy (non-hydrogen) atoms. The predicted molar refractivity (Wildman–Crippen MR) is 36.6 cm³/mol. The molecule has 1 aromatic rings. The van der Waals surface area contributed by atoms with E-state index in [1.165, 1.54) is 0 Å². The second-order valence-corrected chi connectivity index (χ2v) is 1.78. The number of aromatic nitrogens is 2. The van der Waals surface area contributed by atoms with Crippen LogP contribution in [0.1, 0.15) is 5.89 Å². The Bertz CT molecular complexity index is 197. The summed E-state index contributed by atoms with van der Waals surface area (Å²) in [4.78, 5) is 0. The molecular formula is C5H10N4O. The van der Waals surface area contributed by atoms with Gasteiger partial charge in [-0.05, 0) is 7.05 Å². The van der Waals surface area contributed by atoms with Crippen LogP contribution in [-0.2, 0) is 6.54 Å². The van der Waals surface area contributed by atoms with E-state index in [4.69, 9.17) is 4.42 Å². The first kappa shape index (κ1) is 7.01. The molecule has 0 unspecified atom stereocenters. The van der Waals surface area contributed by atoms with Gasteiger partial charge in [0.1, 0.15) is 0 Å². The van der Waals surface area contributed by atoms with Crippen LogP contribution in [0.15, 0.2) is 4.42 Å². The molecule has 0 spiro atoms. The molecule has 0 amide bonds. The Labute approximate surface area is 58.8 Å². The van der Waals surface area contributed by atoms with Crippen LogP contribution in [0.5, 0.6) is 0 Å². The summed E-state index contributed by atoms with van der Waals surface area (Å²) in [5.74, 6) is 0.590. The zero-order chi connectivity index (χ0) is 7.40. The number of anilines is 1. The van der Waals surface area contributed by atoms with Gasteiger partial charge in [0, 0.05) is 7.05 Å². The van der Waals surface area contributed by atoms with Crippen molar-refractivity contribution in [3.05, 3.63) is 5.89 Å². The van der Waals surface area contributed by atoms with E-state index in [2.05, 4.69) is 20.8 Å². The number of hydrogen-bond acceptors (Lipinski definition) is 5. The molecule has 0 aliphatic rings. The lowest BCUT2D eigenvalue weighted by atomic mass is 10.6. The van der Waals surface area contributed by atoms with Gasteiger partial charge in [0.15, 0.2) is 0 Å². The van der Waals surface area contributed by atoms with Gasteiger partial charge in [0.2, 0.25) is 5.89 Å². The lowest BCUT2D eigenvalue weighted by molar-refractivity contribution is 0.491. The first-order chi connectivity index (χ1) is 4.86. The molecule has 0 fully saturated rings. The van der Waals surface area contributed by atoms with Crippen LogP contribution >= 0.6 is 0 Å². The summed E-state index contributed by atoms with van der Waals surface area (Å²) in [6.07, 6.45) is 0. The van der Waals surface area contributed by atoms with Gasteiger partial charge in [-0.25, -0.2) is 0 Å². The smallest absolute Gasteiger partial charge is 0.315 e. The Kier molecular flexibility index (Phi) is 2.22. The lowest BCUT2D eigenvalue weighted by Gasteiger charge is -1.88. The Hall–Kier alpha value is -1.10. The molecule has 0 atom stereocenters. The van der Waals surface area contributed by atoms with Crippen LogP contribution in [-0.4, -0.2) is 24.3 Å². The quantitative estimate of drug-likeness (QED) is 0.613. The van der Waals surface area contributed by atoms with E-state index < -0.39 is 0 Å². The van der Waals surface area contributed by atoms with Crippen molar-refractivity contribution in [2.45, 2.75) is 6.54 Å². The zero-order valence-electron chi connectivity index (χ0n) is 6.01. The summed E-state index contributed by atoms with van der Waals surface area (Å²) < 4.78 is 5.08. The van der Waals surface area contributed by atoms with E-state index in [1.807, 2.05) is 7.05 Å². The second-order valence-electron chi connectivity index (χ2n) is 1.78. The molecule has 1 aromatic heterocycles. The van der Waals surface area contributed by atoms with Crippen LogP contribution in [0, 0.1) is 0 Å². The summed E-state index contributed by atoms with van der Waals surface area (Å²) >= 11 is 0. The topological polar surface area (TPSA) is 63.0 Å². The number of nitrogens with one attached hydrogen (secondary N) is 2. The average molecular weight is 142 g/mol. The average Bonchev–Trinajstić information content (AvgIpc) is 2.37. The van der Waals surface area contributed by atoms with Crippen LogP contribution in [0.25, 0.3) is 0 Å². The fraction of sp³-hybridized carbons (Fsp3) is 0.600. The molecule has 56 valence electrons. The Morgan fingerprint density at radius 2 is 2.20 bits per heavy atom. The van der Waals surface area contributed by atoms with E-state index in [9.17, 15) is 0 Å². The van der Waals surface area contributed by atoms with Gasteiger partial charge < -0.3 is 15.1 Å². The fourth-order valence-corrected chi connectivity index (χ4v) is 0.577. The van der Waals surface area contributed by atoms with Crippen LogP contribution < -0.4 is 10.6 Å². The minimum Gasteiger partial charge on any atom is -0.407 e. The lowest BCUT2D eigenvalue weighted by Crippen LogP contribution is -2.04. The summed E-state index contributed by atoms with van der Waals surface area (Å²) in [6.45, 7) is 0.606. The van der Waals surface area contributed by atoms with Crippen molar-refractivity contribution in [1.82, 2.24) is 15.5 Å². The van der Waals surface area contributed by atoms with Crippen molar-refractivity contribution in [2.24, 2.45) is 0 Å². The monoisotopic (exact) mass is 142 g/mol. The van der Waals surface area contributed by atoms with Gasteiger partial charge in [0.05, 0.1) is 6.54 Å². The minimum absolute atomic E-state index is 0.449. The van der Waals surface area contributed by atoms with Gasteiger partial charge in [-0.2, -0.15) is 0 Å². The first-order valence-electron chi connectivity index (χ1n) is 3.01. The van der Waals surface area contributed by atoms with Crippen molar-refractivity contribution < 1.29 is 4.42 Å². The van der Waals surface area contributed by atoms with E-state index in [0.29, 0.717) is 18.5 Å². The molecule has 1 rings (SSSR count). The predicted octanol–water partition coefficient (Wildman–Crippen LogP) is -0.169. The third kappa shape index (κ3) is 1.44. The molecular weight excluding hydrogens is 132 g/mol. The standard InChI is InChI=1S/C5H10N4O/c1-6-3-4-8-9-5(7-2)10-4/h6H,3H2,1-2H3,(H,7,9). The number of nitrogens with zero attached hydrogens (tertiary/aromatic N) is 2. The Balaban J connectivity index is 2.59. The largest absolute Gasteiger partial charge is 0.407 e. The summed E-state index contributed by atoms with van der Waals surface area (Å²) in [6, 6.07) is 0.449. The minimum atomic E-state index is 0.449. The normalized spacial score (nSPS) is 9.80. The Morgan fingerprint density at radius 3 is 2.70 bits per heavy atom. The molecule has 0 aliphatic heterocycles. The molecule has 5 nitrogen and oxygen atoms in total. The number of hydrogen-bond donors (Lipinski definition) is 2. The van der Waals surface area contributed by atoms with E-state index in [1.54, 1.807) is 7.05 Å². The van der Waals surface area contributed by atoms with Gasteiger partial charge >= 0.3 is 6.01 Å². The molecule has 5 heteroatoms. The van der Waals surface area contributed by atoms with Gasteiger partial charge in [0.25, 0.3) is 0 Å². The van der Waals surface area contributed by atoms with Crippen molar-refractivity contribution in [3.63, 3.8) is 0 Å². The SMILES string of the molecule is CNCc1nnc(NC)o1. The molecule has 0 radical (unpaired) electrons. The highest BCUT2D eigenvalue weighted by molar-refractivity contribution is 5.14.